The van der Waals surface area contributed by atoms with E-state index in [9.17, 15) is 10.2 Å². The molecule has 6 heteroatoms. The number of aromatic hydroxyl groups is 1. The Morgan fingerprint density at radius 3 is 2.58 bits per heavy atom. The molecule has 2 aromatic rings. The quantitative estimate of drug-likeness (QED) is 0.881. The number of hydrogen-bond donors (Lipinski definition) is 2. The zero-order valence-electron chi connectivity index (χ0n) is 13.4. The van der Waals surface area contributed by atoms with Crippen molar-refractivity contribution >= 4 is 0 Å². The third kappa shape index (κ3) is 2.14. The van der Waals surface area contributed by atoms with Crippen LogP contribution in [-0.2, 0) is 0 Å². The van der Waals surface area contributed by atoms with Crippen molar-refractivity contribution in [1.82, 2.24) is 0 Å². The first kappa shape index (κ1) is 15.0. The number of aliphatic hydroxyl groups excluding tert-OH is 1. The first-order valence-electron chi connectivity index (χ1n) is 7.74. The average Bonchev–Trinajstić information content (AvgIpc) is 3.02. The van der Waals surface area contributed by atoms with E-state index in [2.05, 4.69) is 0 Å². The molecule has 126 valence electrons. The number of hydrogen-bond acceptors (Lipinski definition) is 6. The lowest BCUT2D eigenvalue weighted by molar-refractivity contribution is -0.0730. The minimum Gasteiger partial charge on any atom is -0.504 e. The Morgan fingerprint density at radius 1 is 1.08 bits per heavy atom. The van der Waals surface area contributed by atoms with Crippen molar-refractivity contribution in [2.75, 3.05) is 13.9 Å². The third-order valence-corrected chi connectivity index (χ3v) is 4.65. The van der Waals surface area contributed by atoms with Gasteiger partial charge in [0.25, 0.3) is 0 Å². The molecule has 2 aromatic carbocycles. The van der Waals surface area contributed by atoms with E-state index >= 15 is 0 Å². The van der Waals surface area contributed by atoms with Crippen LogP contribution in [0.4, 0.5) is 0 Å². The van der Waals surface area contributed by atoms with E-state index < -0.39 is 6.29 Å². The number of benzene rings is 2. The first-order valence-corrected chi connectivity index (χ1v) is 7.74. The molecule has 2 aliphatic rings. The molecule has 2 N–H and O–H groups in total. The van der Waals surface area contributed by atoms with Gasteiger partial charge in [0.05, 0.1) is 7.11 Å². The zero-order chi connectivity index (χ0) is 16.8. The van der Waals surface area contributed by atoms with Crippen molar-refractivity contribution in [3.05, 3.63) is 41.5 Å². The predicted octanol–water partition coefficient (Wildman–Crippen LogP) is 2.61. The van der Waals surface area contributed by atoms with Gasteiger partial charge >= 0.3 is 0 Å². The summed E-state index contributed by atoms with van der Waals surface area (Å²) in [6.07, 6.45) is -0.992. The maximum Gasteiger partial charge on any atom is 0.231 e. The Bertz CT molecular complexity index is 787. The molecule has 0 aliphatic carbocycles. The number of phenols is 1. The Kier molecular flexibility index (Phi) is 3.42. The Morgan fingerprint density at radius 2 is 1.83 bits per heavy atom. The molecule has 0 radical (unpaired) electrons. The molecule has 0 fully saturated rings. The van der Waals surface area contributed by atoms with Crippen LogP contribution in [0.1, 0.15) is 24.0 Å². The van der Waals surface area contributed by atoms with Gasteiger partial charge in [-0.25, -0.2) is 0 Å². The topological polar surface area (TPSA) is 77.4 Å². The van der Waals surface area contributed by atoms with Crippen LogP contribution in [0, 0.1) is 5.92 Å². The van der Waals surface area contributed by atoms with E-state index in [0.29, 0.717) is 28.6 Å². The first-order chi connectivity index (χ1) is 11.6. The van der Waals surface area contributed by atoms with Gasteiger partial charge in [-0.1, -0.05) is 19.1 Å². The van der Waals surface area contributed by atoms with E-state index in [0.717, 1.165) is 5.56 Å². The summed E-state index contributed by atoms with van der Waals surface area (Å²) in [5.41, 5.74) is 1.50. The van der Waals surface area contributed by atoms with Crippen LogP contribution < -0.4 is 18.9 Å². The predicted molar refractivity (Wildman–Crippen MR) is 84.9 cm³/mol. The standard InChI is InChI=1S/C18H18O6/c1-9-16(10-4-3-5-12(21-2)17(10)19)11-6-14-15(23-8-22-14)7-13(11)24-18(9)20/h3-7,9,16,18-20H,8H2,1-2H3/t9-,16-,18-/m0/s1. The van der Waals surface area contributed by atoms with E-state index in [1.807, 2.05) is 25.1 Å². The fourth-order valence-corrected chi connectivity index (χ4v) is 3.38. The average molecular weight is 330 g/mol. The number of ether oxygens (including phenoxy) is 4. The summed E-state index contributed by atoms with van der Waals surface area (Å²) in [6.45, 7) is 2.03. The van der Waals surface area contributed by atoms with Crippen molar-refractivity contribution in [2.24, 2.45) is 5.92 Å². The lowest BCUT2D eigenvalue weighted by Gasteiger charge is -2.36. The lowest BCUT2D eigenvalue weighted by atomic mass is 9.78. The molecule has 0 spiro atoms. The van der Waals surface area contributed by atoms with E-state index in [4.69, 9.17) is 18.9 Å². The molecule has 4 rings (SSSR count). The van der Waals surface area contributed by atoms with Gasteiger partial charge < -0.3 is 29.2 Å². The van der Waals surface area contributed by atoms with Crippen LogP contribution in [0.3, 0.4) is 0 Å². The minimum atomic E-state index is -0.992. The molecule has 0 aromatic heterocycles. The van der Waals surface area contributed by atoms with Gasteiger partial charge in [0, 0.05) is 29.0 Å². The third-order valence-electron chi connectivity index (χ3n) is 4.65. The van der Waals surface area contributed by atoms with Gasteiger partial charge in [-0.05, 0) is 12.1 Å². The molecular formula is C18H18O6. The van der Waals surface area contributed by atoms with Gasteiger partial charge in [0.1, 0.15) is 5.75 Å². The van der Waals surface area contributed by atoms with Crippen molar-refractivity contribution < 1.29 is 29.2 Å². The molecule has 6 nitrogen and oxygen atoms in total. The summed E-state index contributed by atoms with van der Waals surface area (Å²) < 4.78 is 21.7. The second kappa shape index (κ2) is 5.49. The fourth-order valence-electron chi connectivity index (χ4n) is 3.38. The molecule has 0 unspecified atom stereocenters. The Balaban J connectivity index is 1.89. The maximum atomic E-state index is 10.6. The summed E-state index contributed by atoms with van der Waals surface area (Å²) in [6, 6.07) is 8.90. The number of para-hydroxylation sites is 1. The lowest BCUT2D eigenvalue weighted by Crippen LogP contribution is -2.34. The summed E-state index contributed by atoms with van der Waals surface area (Å²) in [5.74, 6) is 1.66. The number of fused-ring (bicyclic) bond motifs is 2. The molecule has 3 atom stereocenters. The second-order valence-corrected chi connectivity index (χ2v) is 5.99. The number of aliphatic hydroxyl groups is 1. The molecule has 0 bridgehead atoms. The highest BCUT2D eigenvalue weighted by molar-refractivity contribution is 5.58. The highest BCUT2D eigenvalue weighted by Gasteiger charge is 2.38. The highest BCUT2D eigenvalue weighted by Crippen LogP contribution is 2.51. The number of phenolic OH excluding ortho intramolecular Hbond substituents is 1. The number of rotatable bonds is 2. The highest BCUT2D eigenvalue weighted by atomic mass is 16.7. The van der Waals surface area contributed by atoms with Crippen LogP contribution in [0.2, 0.25) is 0 Å². The largest absolute Gasteiger partial charge is 0.504 e. The van der Waals surface area contributed by atoms with Gasteiger partial charge in [-0.3, -0.25) is 0 Å². The molecular weight excluding hydrogens is 312 g/mol. The summed E-state index contributed by atoms with van der Waals surface area (Å²) >= 11 is 0. The van der Waals surface area contributed by atoms with Crippen LogP contribution in [0.15, 0.2) is 30.3 Å². The molecule has 0 saturated carbocycles. The Hall–Kier alpha value is -2.60. The van der Waals surface area contributed by atoms with Gasteiger partial charge in [-0.2, -0.15) is 0 Å². The summed E-state index contributed by atoms with van der Waals surface area (Å²) in [7, 11) is 1.51. The van der Waals surface area contributed by atoms with E-state index in [-0.39, 0.29) is 24.4 Å². The van der Waals surface area contributed by atoms with Gasteiger partial charge in [-0.15, -0.1) is 0 Å². The molecule has 0 saturated heterocycles. The van der Waals surface area contributed by atoms with Crippen molar-refractivity contribution in [3.63, 3.8) is 0 Å². The smallest absolute Gasteiger partial charge is 0.231 e. The second-order valence-electron chi connectivity index (χ2n) is 5.99. The van der Waals surface area contributed by atoms with Gasteiger partial charge in [0.15, 0.2) is 23.0 Å². The minimum absolute atomic E-state index is 0.0644. The summed E-state index contributed by atoms with van der Waals surface area (Å²) in [4.78, 5) is 0. The SMILES string of the molecule is COc1cccc([C@H]2c3cc4c(cc3O[C@H](O)[C@H]2C)OCO4)c1O. The zero-order valence-corrected chi connectivity index (χ0v) is 13.4. The molecule has 2 heterocycles. The van der Waals surface area contributed by atoms with Crippen molar-refractivity contribution in [3.8, 4) is 28.7 Å². The molecule has 0 amide bonds. The van der Waals surface area contributed by atoms with Crippen LogP contribution in [-0.4, -0.2) is 30.4 Å². The van der Waals surface area contributed by atoms with Crippen molar-refractivity contribution in [2.45, 2.75) is 19.1 Å². The number of methoxy groups -OCH3 is 1. The monoisotopic (exact) mass is 330 g/mol. The van der Waals surface area contributed by atoms with Crippen LogP contribution >= 0.6 is 0 Å². The Labute approximate surface area is 139 Å². The normalized spacial score (nSPS) is 24.2. The van der Waals surface area contributed by atoms with E-state index in [1.54, 1.807) is 12.1 Å². The van der Waals surface area contributed by atoms with Crippen molar-refractivity contribution in [1.29, 1.82) is 0 Å². The van der Waals surface area contributed by atoms with E-state index in [1.165, 1.54) is 7.11 Å². The van der Waals surface area contributed by atoms with Crippen LogP contribution in [0.25, 0.3) is 0 Å². The summed E-state index contributed by atoms with van der Waals surface area (Å²) in [5, 5.41) is 20.9. The maximum absolute atomic E-state index is 10.6. The molecule has 2 aliphatic heterocycles. The van der Waals surface area contributed by atoms with Gasteiger partial charge in [0.2, 0.25) is 13.1 Å². The molecule has 24 heavy (non-hydrogen) atoms. The van der Waals surface area contributed by atoms with Crippen LogP contribution in [0.5, 0.6) is 28.7 Å². The fraction of sp³-hybridized carbons (Fsp3) is 0.333.